The minimum atomic E-state index is -4.46. The number of alkyl halides is 3. The first-order valence-electron chi connectivity index (χ1n) is 20.3. The van der Waals surface area contributed by atoms with Crippen molar-refractivity contribution in [1.29, 1.82) is 0 Å². The number of hydrogen-bond acceptors (Lipinski definition) is 1. The summed E-state index contributed by atoms with van der Waals surface area (Å²) in [5.74, 6) is -0.627. The predicted molar refractivity (Wildman–Crippen MR) is 207 cm³/mol. The molecule has 0 bridgehead atoms. The topological polar surface area (TPSA) is 11.0 Å². The van der Waals surface area contributed by atoms with E-state index in [4.69, 9.17) is 0 Å². The number of aryl methyl sites for hydroxylation is 1. The van der Waals surface area contributed by atoms with Gasteiger partial charge in [0.1, 0.15) is 16.9 Å². The van der Waals surface area contributed by atoms with Gasteiger partial charge in [0.25, 0.3) is 0 Å². The first kappa shape index (κ1) is 35.7. The first-order valence-corrected chi connectivity index (χ1v) is 20.3. The number of halogens is 4. The van der Waals surface area contributed by atoms with Gasteiger partial charge < -0.3 is 4.90 Å². The summed E-state index contributed by atoms with van der Waals surface area (Å²) in [5.41, 5.74) is 6.46. The summed E-state index contributed by atoms with van der Waals surface area (Å²) in [7, 11) is 0. The van der Waals surface area contributed by atoms with Crippen molar-refractivity contribution in [2.75, 3.05) is 6.54 Å². The molecule has 3 aliphatic carbocycles. The van der Waals surface area contributed by atoms with Crippen molar-refractivity contribution in [1.82, 2.24) is 4.90 Å². The molecule has 0 spiro atoms. The Morgan fingerprint density at radius 2 is 1.76 bits per heavy atom. The lowest BCUT2D eigenvalue weighted by Crippen LogP contribution is -2.82. The van der Waals surface area contributed by atoms with Crippen molar-refractivity contribution in [3.8, 4) is 0 Å². The molecule has 0 amide bonds. The van der Waals surface area contributed by atoms with Gasteiger partial charge in [-0.25, -0.2) is 4.39 Å². The van der Waals surface area contributed by atoms with E-state index in [0.29, 0.717) is 12.2 Å². The summed E-state index contributed by atoms with van der Waals surface area (Å²) < 4.78 is 65.3. The Morgan fingerprint density at radius 3 is 2.48 bits per heavy atom. The number of allylic oxidation sites excluding steroid dienone is 8. The molecule has 282 valence electrons. The molecule has 4 unspecified atom stereocenters. The Kier molecular flexibility index (Phi) is 7.77. The molecule has 0 radical (unpaired) electrons. The molecule has 0 saturated heterocycles. The third-order valence-electron chi connectivity index (χ3n) is 14.1. The van der Waals surface area contributed by atoms with Crippen LogP contribution in [0.4, 0.5) is 17.6 Å². The summed E-state index contributed by atoms with van der Waals surface area (Å²) in [6.45, 7) is 16.3. The molecular weight excluding hydrogens is 683 g/mol. The van der Waals surface area contributed by atoms with Gasteiger partial charge in [0.15, 0.2) is 23.8 Å². The summed E-state index contributed by atoms with van der Waals surface area (Å²) in [6.07, 6.45) is 13.5. The van der Waals surface area contributed by atoms with E-state index in [-0.39, 0.29) is 29.5 Å². The molecule has 3 aromatic rings. The third kappa shape index (κ3) is 4.47. The van der Waals surface area contributed by atoms with E-state index in [1.165, 1.54) is 45.3 Å². The zero-order valence-corrected chi connectivity index (χ0v) is 32.8. The molecule has 3 nitrogen and oxygen atoms in total. The smallest absolute Gasteiger partial charge is 0.328 e. The molecule has 4 atom stereocenters. The number of aromatic nitrogens is 2. The van der Waals surface area contributed by atoms with Crippen LogP contribution in [-0.2, 0) is 17.4 Å². The van der Waals surface area contributed by atoms with Crippen molar-refractivity contribution in [2.45, 2.75) is 123 Å². The molecule has 0 N–H and O–H groups in total. The zero-order chi connectivity index (χ0) is 38.2. The van der Waals surface area contributed by atoms with E-state index in [2.05, 4.69) is 93.0 Å². The highest BCUT2D eigenvalue weighted by molar-refractivity contribution is 5.94. The van der Waals surface area contributed by atoms with Gasteiger partial charge in [-0.15, -0.1) is 0 Å². The number of benzene rings is 1. The standard InChI is InChI=1S/C47H53F4N3/c1-8-10-15-29-18-19-32-37-31(29)22-27-54-40(37)38-33(20-21-34(48)39(38)44(32,6)7)45(9-2)41-42(46(45,54)24-14-23-43(3,4)5)53-26-13-16-30(47(49,50)51)28-36(53)35-17-11-12-25-52(35)41/h11-12,16-22,25,27-28,38-39H,8-10,13-15,23-24,26H2,1-7H3/q+2. The SMILES string of the molecule is CCCCc1ccc2c3c4[n+](ccc13)C1(CCCC(C)(C)C)C3=C([n+]5ccccc5C5=CC(C(F)(F)F)=CCCN53)C1(CC)C1=CC=C(F)C(C14)C2(C)C. The largest absolute Gasteiger partial charge is 0.416 e. The van der Waals surface area contributed by atoms with Gasteiger partial charge in [0, 0.05) is 42.5 Å². The number of hydrogen-bond donors (Lipinski definition) is 0. The van der Waals surface area contributed by atoms with Crippen LogP contribution < -0.4 is 9.13 Å². The molecule has 2 aromatic heterocycles. The van der Waals surface area contributed by atoms with Gasteiger partial charge >= 0.3 is 6.18 Å². The van der Waals surface area contributed by atoms with Gasteiger partial charge in [0.05, 0.1) is 16.9 Å². The Balaban J connectivity index is 1.42. The fraction of sp³-hybridized carbons (Fsp3) is 0.489. The molecule has 5 heterocycles. The molecule has 9 rings (SSSR count). The molecule has 54 heavy (non-hydrogen) atoms. The second-order valence-corrected chi connectivity index (χ2v) is 18.4. The predicted octanol–water partition coefficient (Wildman–Crippen LogP) is 11.3. The highest BCUT2D eigenvalue weighted by atomic mass is 19.4. The van der Waals surface area contributed by atoms with Crippen LogP contribution in [0.3, 0.4) is 0 Å². The van der Waals surface area contributed by atoms with Crippen molar-refractivity contribution in [2.24, 2.45) is 16.7 Å². The van der Waals surface area contributed by atoms with Crippen LogP contribution in [0.15, 0.2) is 95.8 Å². The number of nitrogens with zero attached hydrogens (tertiary/aromatic N) is 3. The molecule has 3 aliphatic heterocycles. The van der Waals surface area contributed by atoms with Crippen molar-refractivity contribution in [3.63, 3.8) is 0 Å². The maximum absolute atomic E-state index is 16.8. The van der Waals surface area contributed by atoms with Gasteiger partial charge in [-0.1, -0.05) is 79.2 Å². The van der Waals surface area contributed by atoms with Crippen molar-refractivity contribution < 1.29 is 26.7 Å². The fourth-order valence-corrected chi connectivity index (χ4v) is 11.9. The number of unbranched alkanes of at least 4 members (excludes halogenated alkanes) is 1. The minimum Gasteiger partial charge on any atom is -0.328 e. The van der Waals surface area contributed by atoms with E-state index < -0.39 is 28.1 Å². The maximum atomic E-state index is 16.8. The minimum absolute atomic E-state index is 0.0711. The lowest BCUT2D eigenvalue weighted by atomic mass is 9.42. The molecule has 0 saturated carbocycles. The summed E-state index contributed by atoms with van der Waals surface area (Å²) in [5, 5.41) is 2.51. The van der Waals surface area contributed by atoms with Crippen LogP contribution in [0.1, 0.15) is 122 Å². The molecule has 1 aromatic carbocycles. The lowest BCUT2D eigenvalue weighted by Gasteiger charge is -2.63. The Hall–Kier alpha value is -4.00. The Labute approximate surface area is 317 Å². The third-order valence-corrected chi connectivity index (χ3v) is 14.1. The summed E-state index contributed by atoms with van der Waals surface area (Å²) in [4.78, 5) is 2.25. The average Bonchev–Trinajstić information content (AvgIpc) is 3.35. The molecule has 7 heteroatoms. The van der Waals surface area contributed by atoms with E-state index in [1.807, 2.05) is 24.4 Å². The maximum Gasteiger partial charge on any atom is 0.416 e. The summed E-state index contributed by atoms with van der Waals surface area (Å²) >= 11 is 0. The van der Waals surface area contributed by atoms with Crippen LogP contribution in [0.2, 0.25) is 0 Å². The van der Waals surface area contributed by atoms with Crippen LogP contribution in [0, 0.1) is 16.7 Å². The van der Waals surface area contributed by atoms with Gasteiger partial charge in [-0.3, -0.25) is 0 Å². The highest BCUT2D eigenvalue weighted by Crippen LogP contribution is 2.74. The second kappa shape index (κ2) is 11.8. The van der Waals surface area contributed by atoms with Gasteiger partial charge in [-0.05, 0) is 84.2 Å². The van der Waals surface area contributed by atoms with Crippen LogP contribution >= 0.6 is 0 Å². The first-order chi connectivity index (χ1) is 25.6. The Bertz CT molecular complexity index is 2280. The van der Waals surface area contributed by atoms with Gasteiger partial charge in [-0.2, -0.15) is 22.3 Å². The Morgan fingerprint density at radius 1 is 0.963 bits per heavy atom. The highest BCUT2D eigenvalue weighted by Gasteiger charge is 2.83. The van der Waals surface area contributed by atoms with Crippen LogP contribution in [0.5, 0.6) is 0 Å². The van der Waals surface area contributed by atoms with E-state index in [9.17, 15) is 13.2 Å². The number of rotatable bonds is 7. The van der Waals surface area contributed by atoms with E-state index in [1.54, 1.807) is 6.08 Å². The second-order valence-electron chi connectivity index (χ2n) is 18.4. The fourth-order valence-electron chi connectivity index (χ4n) is 11.9. The van der Waals surface area contributed by atoms with E-state index in [0.717, 1.165) is 62.0 Å². The zero-order valence-electron chi connectivity index (χ0n) is 32.8. The monoisotopic (exact) mass is 735 g/mol. The quantitative estimate of drug-likeness (QED) is 0.174. The van der Waals surface area contributed by atoms with Gasteiger partial charge in [0.2, 0.25) is 16.9 Å². The number of pyridine rings is 2. The average molecular weight is 736 g/mol. The summed E-state index contributed by atoms with van der Waals surface area (Å²) in [6, 6.07) is 12.8. The molecule has 0 fully saturated rings. The van der Waals surface area contributed by atoms with E-state index >= 15 is 4.39 Å². The van der Waals surface area contributed by atoms with Crippen LogP contribution in [0.25, 0.3) is 22.2 Å². The number of fused-ring (bicyclic) bond motifs is 10. The van der Waals surface area contributed by atoms with Crippen molar-refractivity contribution >= 4 is 22.2 Å². The van der Waals surface area contributed by atoms with Crippen LogP contribution in [-0.4, -0.2) is 17.6 Å². The molecular formula is C47H53F4N3+2. The normalized spacial score (nSPS) is 27.4. The lowest BCUT2D eigenvalue weighted by molar-refractivity contribution is -0.794. The van der Waals surface area contributed by atoms with Crippen molar-refractivity contribution in [3.05, 3.63) is 118 Å². The molecule has 6 aliphatic rings.